The minimum atomic E-state index is -1.74. The summed E-state index contributed by atoms with van der Waals surface area (Å²) in [6, 6.07) is -0.961. The van der Waals surface area contributed by atoms with Crippen molar-refractivity contribution < 1.29 is 67.6 Å². The van der Waals surface area contributed by atoms with Crippen molar-refractivity contribution >= 4 is 18.0 Å². The van der Waals surface area contributed by atoms with Gasteiger partial charge >= 0.3 is 12.1 Å². The molecule has 0 saturated carbocycles. The maximum atomic E-state index is 14.4. The standard InChI is InChI=1S/C38H66N2O14/c1-14-25-38(10)31(53-35(45)54-38)22(6)32(43)39-18(2)16-36(8,46)30(52-34-27(41)24(40(11)12)15-19(3)48-34)20(4)28(21(5)33(44)50-25)51-26-17-37(9,47-13)29(42)23(7)49-26/h18-31,34,41-42,46H,14-17H2,1-13H3,(H,39,43)/t18-,19+,20-,21+,22-,23-,24-,25-,26-,27+,28-,29-,30+,31+,34-,36+,37+,38+/m0/s1. The fourth-order valence-corrected chi connectivity index (χ4v) is 8.89. The molecule has 4 aliphatic heterocycles. The normalized spacial score (nSPS) is 48.5. The minimum Gasteiger partial charge on any atom is -0.458 e. The monoisotopic (exact) mass is 774 g/mol. The van der Waals surface area contributed by atoms with E-state index in [0.717, 1.165) is 0 Å². The van der Waals surface area contributed by atoms with Crippen molar-refractivity contribution in [3.05, 3.63) is 0 Å². The molecule has 1 amide bonds. The van der Waals surface area contributed by atoms with E-state index in [4.69, 9.17) is 37.9 Å². The van der Waals surface area contributed by atoms with Gasteiger partial charge in [-0.3, -0.25) is 9.59 Å². The fraction of sp³-hybridized carbons (Fsp3) is 0.921. The summed E-state index contributed by atoms with van der Waals surface area (Å²) in [6.07, 6.45) is -9.80. The molecule has 54 heavy (non-hydrogen) atoms. The van der Waals surface area contributed by atoms with Crippen LogP contribution in [0.25, 0.3) is 0 Å². The largest absolute Gasteiger partial charge is 0.509 e. The van der Waals surface area contributed by atoms with Crippen LogP contribution >= 0.6 is 0 Å². The Morgan fingerprint density at radius 2 is 1.57 bits per heavy atom. The van der Waals surface area contributed by atoms with Crippen LogP contribution in [0, 0.1) is 17.8 Å². The molecule has 18 atom stereocenters. The Morgan fingerprint density at radius 1 is 0.926 bits per heavy atom. The summed E-state index contributed by atoms with van der Waals surface area (Å²) < 4.78 is 48.7. The molecule has 0 aromatic heterocycles. The highest BCUT2D eigenvalue weighted by Gasteiger charge is 2.59. The molecule has 0 bridgehead atoms. The molecule has 4 heterocycles. The second kappa shape index (κ2) is 17.1. The van der Waals surface area contributed by atoms with E-state index < -0.39 is 114 Å². The number of amides is 1. The van der Waals surface area contributed by atoms with E-state index in [1.807, 2.05) is 25.9 Å². The number of rotatable bonds is 7. The molecule has 4 aliphatic rings. The highest BCUT2D eigenvalue weighted by Crippen LogP contribution is 2.41. The highest BCUT2D eigenvalue weighted by molar-refractivity contribution is 5.80. The van der Waals surface area contributed by atoms with Gasteiger partial charge in [-0.1, -0.05) is 13.8 Å². The molecule has 0 unspecified atom stereocenters. The van der Waals surface area contributed by atoms with Gasteiger partial charge in [-0.05, 0) is 88.7 Å². The Morgan fingerprint density at radius 3 is 2.17 bits per heavy atom. The van der Waals surface area contributed by atoms with Crippen LogP contribution in [0.15, 0.2) is 0 Å². The van der Waals surface area contributed by atoms with Crippen LogP contribution in [-0.4, -0.2) is 150 Å². The lowest BCUT2D eigenvalue weighted by Gasteiger charge is -2.48. The number of esters is 1. The third-order valence-electron chi connectivity index (χ3n) is 12.1. The summed E-state index contributed by atoms with van der Waals surface area (Å²) in [7, 11) is 5.20. The zero-order valence-corrected chi connectivity index (χ0v) is 34.3. The number of nitrogens with one attached hydrogen (secondary N) is 1. The number of methoxy groups -OCH3 is 1. The van der Waals surface area contributed by atoms with Crippen molar-refractivity contribution in [3.63, 3.8) is 0 Å². The number of carbonyl (C=O) groups excluding carboxylic acids is 3. The molecule has 4 rings (SSSR count). The summed E-state index contributed by atoms with van der Waals surface area (Å²) >= 11 is 0. The van der Waals surface area contributed by atoms with Gasteiger partial charge in [0.1, 0.15) is 18.3 Å². The number of ether oxygens (including phenoxy) is 8. The van der Waals surface area contributed by atoms with E-state index in [1.165, 1.54) is 7.11 Å². The first-order valence-corrected chi connectivity index (χ1v) is 19.3. The van der Waals surface area contributed by atoms with Crippen LogP contribution in [0.4, 0.5) is 4.79 Å². The molecule has 16 nitrogen and oxygen atoms in total. The van der Waals surface area contributed by atoms with Crippen LogP contribution < -0.4 is 5.32 Å². The highest BCUT2D eigenvalue weighted by atomic mass is 16.8. The van der Waals surface area contributed by atoms with Crippen molar-refractivity contribution in [2.75, 3.05) is 21.2 Å². The van der Waals surface area contributed by atoms with Crippen molar-refractivity contribution in [1.29, 1.82) is 0 Å². The topological polar surface area (TPSA) is 201 Å². The molecule has 312 valence electrons. The Labute approximate surface area is 319 Å². The van der Waals surface area contributed by atoms with Gasteiger partial charge in [0.25, 0.3) is 0 Å². The average Bonchev–Trinajstić information content (AvgIpc) is 3.40. The molecule has 16 heteroatoms. The zero-order valence-electron chi connectivity index (χ0n) is 34.3. The van der Waals surface area contributed by atoms with Gasteiger partial charge in [0.2, 0.25) is 5.91 Å². The molecule has 0 aromatic carbocycles. The third kappa shape index (κ3) is 9.18. The summed E-state index contributed by atoms with van der Waals surface area (Å²) in [5, 5.41) is 37.9. The Bertz CT molecular complexity index is 1320. The maximum absolute atomic E-state index is 14.4. The van der Waals surface area contributed by atoms with E-state index in [-0.39, 0.29) is 31.4 Å². The maximum Gasteiger partial charge on any atom is 0.509 e. The number of likely N-dealkylation sites (N-methyl/N-ethyl adjacent to an activating group) is 1. The first-order chi connectivity index (χ1) is 25.0. The van der Waals surface area contributed by atoms with Gasteiger partial charge in [0.05, 0.1) is 47.5 Å². The molecular weight excluding hydrogens is 708 g/mol. The summed E-state index contributed by atoms with van der Waals surface area (Å²) in [4.78, 5) is 42.6. The first-order valence-electron chi connectivity index (χ1n) is 19.3. The fourth-order valence-electron chi connectivity index (χ4n) is 8.89. The van der Waals surface area contributed by atoms with Gasteiger partial charge in [-0.25, -0.2) is 4.79 Å². The predicted octanol–water partition coefficient (Wildman–Crippen LogP) is 2.27. The van der Waals surface area contributed by atoms with Crippen molar-refractivity contribution in [3.8, 4) is 0 Å². The molecule has 0 aromatic rings. The van der Waals surface area contributed by atoms with Crippen LogP contribution in [0.3, 0.4) is 0 Å². The number of aliphatic hydroxyl groups excluding tert-OH is 2. The number of hydrogen-bond donors (Lipinski definition) is 4. The smallest absolute Gasteiger partial charge is 0.458 e. The predicted molar refractivity (Wildman–Crippen MR) is 193 cm³/mol. The van der Waals surface area contributed by atoms with E-state index in [2.05, 4.69) is 5.32 Å². The summed E-state index contributed by atoms with van der Waals surface area (Å²) in [6.45, 7) is 16.9. The van der Waals surface area contributed by atoms with Crippen molar-refractivity contribution in [1.82, 2.24) is 10.2 Å². The number of aliphatic hydroxyl groups is 3. The van der Waals surface area contributed by atoms with Gasteiger partial charge in [-0.2, -0.15) is 0 Å². The van der Waals surface area contributed by atoms with E-state index in [1.54, 1.807) is 62.3 Å². The van der Waals surface area contributed by atoms with Crippen LogP contribution in [0.1, 0.15) is 94.9 Å². The van der Waals surface area contributed by atoms with Gasteiger partial charge in [0.15, 0.2) is 24.3 Å². The van der Waals surface area contributed by atoms with Gasteiger partial charge in [-0.15, -0.1) is 0 Å². The van der Waals surface area contributed by atoms with E-state index >= 15 is 0 Å². The molecular formula is C38H66N2O14. The number of cyclic esters (lactones) is 1. The number of fused-ring (bicyclic) bond motifs is 1. The average molecular weight is 775 g/mol. The molecule has 0 aliphatic carbocycles. The van der Waals surface area contributed by atoms with Gasteiger partial charge in [0, 0.05) is 31.5 Å². The van der Waals surface area contributed by atoms with Gasteiger partial charge < -0.3 is 63.4 Å². The number of nitrogens with zero attached hydrogens (tertiary/aromatic N) is 1. The van der Waals surface area contributed by atoms with Crippen LogP contribution in [0.5, 0.6) is 0 Å². The molecule has 0 radical (unpaired) electrons. The lowest BCUT2D eigenvalue weighted by atomic mass is 9.78. The second-order valence-electron chi connectivity index (χ2n) is 17.0. The molecule has 4 fully saturated rings. The number of hydrogen-bond acceptors (Lipinski definition) is 15. The molecule has 4 saturated heterocycles. The lowest BCUT2D eigenvalue weighted by Crippen LogP contribution is -2.61. The Hall–Kier alpha value is -2.15. The van der Waals surface area contributed by atoms with E-state index in [0.29, 0.717) is 6.42 Å². The first kappa shape index (κ1) is 44.6. The summed E-state index contributed by atoms with van der Waals surface area (Å²) in [5.41, 5.74) is -4.31. The molecule has 0 spiro atoms. The SMILES string of the molecule is CC[C@@H]1OC(=O)[C@H](C)[C@@H](O[C@H]2C[C@@](C)(OC)[C@@H](O)[C@H](C)O2)[C@H](C)[C@@H](O[C@@H]2O[C@H](C)C[C@H](N(C)C)[C@H]2O)[C@](C)(O)C[C@H](C)NC(=O)[C@@H](C)[C@H]2OC(=O)O[C@]12C. The zero-order chi connectivity index (χ0) is 40.7. The van der Waals surface area contributed by atoms with Crippen LogP contribution in [-0.2, 0) is 47.5 Å². The van der Waals surface area contributed by atoms with Crippen molar-refractivity contribution in [2.24, 2.45) is 17.8 Å². The summed E-state index contributed by atoms with van der Waals surface area (Å²) in [5.74, 6) is -4.01. The quantitative estimate of drug-likeness (QED) is 0.275. The molecule has 4 N–H and O–H groups in total. The lowest BCUT2D eigenvalue weighted by molar-refractivity contribution is -0.317. The Balaban J connectivity index is 1.83. The van der Waals surface area contributed by atoms with E-state index in [9.17, 15) is 29.7 Å². The van der Waals surface area contributed by atoms with Crippen molar-refractivity contribution in [2.45, 2.75) is 185 Å². The minimum absolute atomic E-state index is 0.0395. The number of carbonyl (C=O) groups is 3. The third-order valence-corrected chi connectivity index (χ3v) is 12.1. The Kier molecular flexibility index (Phi) is 14.1. The second-order valence-corrected chi connectivity index (χ2v) is 17.0. The van der Waals surface area contributed by atoms with Crippen LogP contribution in [0.2, 0.25) is 0 Å².